The van der Waals surface area contributed by atoms with Crippen LogP contribution in [0.5, 0.6) is 0 Å². The molecule has 0 N–H and O–H groups in total. The van der Waals surface area contributed by atoms with Crippen LogP contribution < -0.4 is 0 Å². The Balaban J connectivity index is 1.55. The molecule has 4 rings (SSSR count). The number of rotatable bonds is 6. The fourth-order valence-electron chi connectivity index (χ4n) is 3.91. The Labute approximate surface area is 175 Å². The maximum Gasteiger partial charge on any atom is 0.346 e. The van der Waals surface area contributed by atoms with Crippen LogP contribution in [0.3, 0.4) is 0 Å². The van der Waals surface area contributed by atoms with Gasteiger partial charge in [0.2, 0.25) is 0 Å². The Morgan fingerprint density at radius 1 is 0.967 bits per heavy atom. The summed E-state index contributed by atoms with van der Waals surface area (Å²) < 4.78 is 5.75. The molecule has 0 bridgehead atoms. The van der Waals surface area contributed by atoms with Crippen molar-refractivity contribution >= 4 is 17.8 Å². The summed E-state index contributed by atoms with van der Waals surface area (Å²) in [4.78, 5) is 40.7. The molecule has 0 radical (unpaired) electrons. The summed E-state index contributed by atoms with van der Waals surface area (Å²) in [5.41, 5.74) is 1.83. The standard InChI is InChI=1S/C23H25N3O4/c1-17(30-16-19-11-6-3-7-12-19)21(27)26-20(15-18-9-4-2-5-10-18)22(28)24-13-8-14-25(24)23(26)29/h2-7,9-12,17,20H,8,13-16H2,1H3/t17-,20+/m1/s1. The summed E-state index contributed by atoms with van der Waals surface area (Å²) in [5, 5.41) is 2.86. The van der Waals surface area contributed by atoms with Crippen molar-refractivity contribution in [1.29, 1.82) is 0 Å². The molecule has 0 aliphatic carbocycles. The van der Waals surface area contributed by atoms with Crippen LogP contribution in [-0.2, 0) is 27.4 Å². The summed E-state index contributed by atoms with van der Waals surface area (Å²) in [6, 6.07) is 17.6. The van der Waals surface area contributed by atoms with E-state index in [-0.39, 0.29) is 18.9 Å². The molecule has 0 saturated carbocycles. The molecular formula is C23H25N3O4. The van der Waals surface area contributed by atoms with Crippen molar-refractivity contribution in [2.24, 2.45) is 0 Å². The van der Waals surface area contributed by atoms with E-state index >= 15 is 0 Å². The number of fused-ring (bicyclic) bond motifs is 1. The summed E-state index contributed by atoms with van der Waals surface area (Å²) in [6.07, 6.45) is 0.138. The van der Waals surface area contributed by atoms with Crippen molar-refractivity contribution in [2.75, 3.05) is 13.1 Å². The highest BCUT2D eigenvalue weighted by molar-refractivity contribution is 6.04. The number of benzene rings is 2. The predicted octanol–water partition coefficient (Wildman–Crippen LogP) is 2.61. The molecular weight excluding hydrogens is 382 g/mol. The maximum atomic E-state index is 13.2. The molecule has 7 nitrogen and oxygen atoms in total. The lowest BCUT2D eigenvalue weighted by Gasteiger charge is -2.43. The molecule has 156 valence electrons. The molecule has 2 atom stereocenters. The number of ether oxygens (including phenoxy) is 1. The minimum Gasteiger partial charge on any atom is -0.364 e. The van der Waals surface area contributed by atoms with Crippen molar-refractivity contribution in [1.82, 2.24) is 14.9 Å². The van der Waals surface area contributed by atoms with Gasteiger partial charge in [-0.2, -0.15) is 0 Å². The number of urea groups is 1. The third-order valence-corrected chi connectivity index (χ3v) is 5.51. The van der Waals surface area contributed by atoms with E-state index in [1.807, 2.05) is 60.7 Å². The first-order chi connectivity index (χ1) is 14.6. The van der Waals surface area contributed by atoms with Crippen LogP contribution in [0, 0.1) is 0 Å². The number of hydrazine groups is 1. The Hall–Kier alpha value is -3.19. The highest BCUT2D eigenvalue weighted by Crippen LogP contribution is 2.26. The zero-order valence-electron chi connectivity index (χ0n) is 16.9. The number of imide groups is 1. The van der Waals surface area contributed by atoms with Crippen LogP contribution in [0.15, 0.2) is 60.7 Å². The van der Waals surface area contributed by atoms with Crippen molar-refractivity contribution in [3.63, 3.8) is 0 Å². The van der Waals surface area contributed by atoms with E-state index in [0.717, 1.165) is 16.0 Å². The number of nitrogens with zero attached hydrogens (tertiary/aromatic N) is 3. The van der Waals surface area contributed by atoms with Gasteiger partial charge in [0.1, 0.15) is 12.1 Å². The van der Waals surface area contributed by atoms with E-state index in [9.17, 15) is 14.4 Å². The largest absolute Gasteiger partial charge is 0.364 e. The third-order valence-electron chi connectivity index (χ3n) is 5.51. The number of hydrogen-bond acceptors (Lipinski definition) is 4. The molecule has 7 heteroatoms. The van der Waals surface area contributed by atoms with Gasteiger partial charge in [-0.05, 0) is 24.5 Å². The highest BCUT2D eigenvalue weighted by atomic mass is 16.5. The maximum absolute atomic E-state index is 13.2. The summed E-state index contributed by atoms with van der Waals surface area (Å²) >= 11 is 0. The van der Waals surface area contributed by atoms with Crippen LogP contribution >= 0.6 is 0 Å². The molecule has 2 aliphatic rings. The molecule has 30 heavy (non-hydrogen) atoms. The lowest BCUT2D eigenvalue weighted by Crippen LogP contribution is -2.67. The Kier molecular flexibility index (Phi) is 5.81. The predicted molar refractivity (Wildman–Crippen MR) is 110 cm³/mol. The van der Waals surface area contributed by atoms with E-state index in [1.54, 1.807) is 6.92 Å². The molecule has 0 unspecified atom stereocenters. The topological polar surface area (TPSA) is 70.2 Å². The first-order valence-electron chi connectivity index (χ1n) is 10.2. The zero-order valence-corrected chi connectivity index (χ0v) is 16.9. The van der Waals surface area contributed by atoms with E-state index in [4.69, 9.17) is 4.74 Å². The molecule has 4 amide bonds. The molecule has 2 aromatic rings. The first-order valence-corrected chi connectivity index (χ1v) is 10.2. The number of carbonyl (C=O) groups excluding carboxylic acids is 3. The van der Waals surface area contributed by atoms with Gasteiger partial charge in [-0.1, -0.05) is 60.7 Å². The highest BCUT2D eigenvalue weighted by Gasteiger charge is 2.49. The van der Waals surface area contributed by atoms with Gasteiger partial charge >= 0.3 is 6.03 Å². The van der Waals surface area contributed by atoms with E-state index in [0.29, 0.717) is 19.5 Å². The van der Waals surface area contributed by atoms with Gasteiger partial charge in [-0.3, -0.25) is 9.59 Å². The third kappa shape index (κ3) is 3.93. The first kappa shape index (κ1) is 20.1. The molecule has 2 fully saturated rings. The normalized spacial score (nSPS) is 19.8. The van der Waals surface area contributed by atoms with Crippen molar-refractivity contribution in [3.8, 4) is 0 Å². The van der Waals surface area contributed by atoms with Gasteiger partial charge in [0.15, 0.2) is 0 Å². The number of amides is 4. The summed E-state index contributed by atoms with van der Waals surface area (Å²) in [5.74, 6) is -0.712. The Bertz CT molecular complexity index is 919. The second kappa shape index (κ2) is 8.67. The van der Waals surface area contributed by atoms with E-state index in [1.165, 1.54) is 10.0 Å². The van der Waals surface area contributed by atoms with Crippen LogP contribution in [0.1, 0.15) is 24.5 Å². The van der Waals surface area contributed by atoms with Gasteiger partial charge in [-0.15, -0.1) is 0 Å². The van der Waals surface area contributed by atoms with Crippen LogP contribution in [0.25, 0.3) is 0 Å². The minimum atomic E-state index is -0.871. The van der Waals surface area contributed by atoms with Crippen LogP contribution in [-0.4, -0.2) is 58.0 Å². The lowest BCUT2D eigenvalue weighted by atomic mass is 10.0. The number of hydrogen-bond donors (Lipinski definition) is 0. The Morgan fingerprint density at radius 2 is 1.57 bits per heavy atom. The second-order valence-corrected chi connectivity index (χ2v) is 7.57. The fraction of sp³-hybridized carbons (Fsp3) is 0.348. The van der Waals surface area contributed by atoms with Crippen molar-refractivity contribution in [2.45, 2.75) is 38.5 Å². The average Bonchev–Trinajstić information content (AvgIpc) is 3.27. The minimum absolute atomic E-state index is 0.223. The summed E-state index contributed by atoms with van der Waals surface area (Å²) in [7, 11) is 0. The molecule has 2 aliphatic heterocycles. The van der Waals surface area contributed by atoms with E-state index < -0.39 is 24.1 Å². The second-order valence-electron chi connectivity index (χ2n) is 7.57. The molecule has 0 spiro atoms. The van der Waals surface area contributed by atoms with Gasteiger partial charge in [-0.25, -0.2) is 19.7 Å². The van der Waals surface area contributed by atoms with Crippen LogP contribution in [0.4, 0.5) is 4.79 Å². The van der Waals surface area contributed by atoms with Gasteiger partial charge in [0.05, 0.1) is 6.61 Å². The average molecular weight is 407 g/mol. The smallest absolute Gasteiger partial charge is 0.346 e. The molecule has 2 aromatic carbocycles. The number of carbonyl (C=O) groups is 3. The summed E-state index contributed by atoms with van der Waals surface area (Å²) in [6.45, 7) is 2.81. The van der Waals surface area contributed by atoms with E-state index in [2.05, 4.69) is 0 Å². The van der Waals surface area contributed by atoms with Gasteiger partial charge < -0.3 is 4.74 Å². The van der Waals surface area contributed by atoms with Gasteiger partial charge in [0, 0.05) is 19.5 Å². The molecule has 2 heterocycles. The molecule has 0 aromatic heterocycles. The monoisotopic (exact) mass is 407 g/mol. The van der Waals surface area contributed by atoms with Crippen molar-refractivity contribution < 1.29 is 19.1 Å². The SMILES string of the molecule is C[C@@H](OCc1ccccc1)C(=O)N1C(=O)N2CCCN2C(=O)[C@@H]1Cc1ccccc1. The zero-order chi connectivity index (χ0) is 21.1. The Morgan fingerprint density at radius 3 is 2.23 bits per heavy atom. The van der Waals surface area contributed by atoms with Crippen molar-refractivity contribution in [3.05, 3.63) is 71.8 Å². The molecule has 2 saturated heterocycles. The fourth-order valence-corrected chi connectivity index (χ4v) is 3.91. The quantitative estimate of drug-likeness (QED) is 0.738. The lowest BCUT2D eigenvalue weighted by molar-refractivity contribution is -0.162. The van der Waals surface area contributed by atoms with Gasteiger partial charge in [0.25, 0.3) is 11.8 Å². The van der Waals surface area contributed by atoms with Crippen LogP contribution in [0.2, 0.25) is 0 Å².